The molecule has 1 aliphatic rings. The van der Waals surface area contributed by atoms with Gasteiger partial charge in [0.05, 0.1) is 12.7 Å². The highest BCUT2D eigenvalue weighted by Gasteiger charge is 2.61. The highest BCUT2D eigenvalue weighted by molar-refractivity contribution is 7.67. The lowest BCUT2D eigenvalue weighted by Crippen LogP contribution is -2.78. The number of rotatable bonds is 3. The van der Waals surface area contributed by atoms with E-state index in [1.54, 1.807) is 0 Å². The molecule has 0 N–H and O–H groups in total. The van der Waals surface area contributed by atoms with Crippen LogP contribution in [0.2, 0.25) is 45.3 Å². The van der Waals surface area contributed by atoms with Gasteiger partial charge in [-0.15, -0.1) is 0 Å². The molecule has 1 heterocycles. The van der Waals surface area contributed by atoms with Gasteiger partial charge in [0.2, 0.25) is 0 Å². The fraction of sp³-hybridized carbons (Fsp3) is 1.00. The summed E-state index contributed by atoms with van der Waals surface area (Å²) in [7, 11) is -4.90. The zero-order valence-electron chi connectivity index (χ0n) is 13.1. The van der Waals surface area contributed by atoms with Crippen LogP contribution in [0.1, 0.15) is 13.3 Å². The van der Waals surface area contributed by atoms with E-state index in [1.165, 1.54) is 0 Å². The summed E-state index contributed by atoms with van der Waals surface area (Å²) in [5.41, 5.74) is -0.691. The molecule has 2 atom stereocenters. The van der Waals surface area contributed by atoms with E-state index in [2.05, 4.69) is 39.3 Å². The molecule has 1 fully saturated rings. The van der Waals surface area contributed by atoms with Gasteiger partial charge in [0.15, 0.2) is 14.0 Å². The van der Waals surface area contributed by atoms with Gasteiger partial charge in [-0.05, 0) is 26.1 Å². The molecule has 0 amide bonds. The summed E-state index contributed by atoms with van der Waals surface area (Å²) in [6.07, 6.45) is -5.13. The number of hydrogen-bond acceptors (Lipinski definition) is 1. The second-order valence-corrected chi connectivity index (χ2v) is 35.1. The third kappa shape index (κ3) is 3.19. The molecule has 7 heteroatoms. The van der Waals surface area contributed by atoms with Gasteiger partial charge in [0.25, 0.3) is 6.43 Å². The fourth-order valence-corrected chi connectivity index (χ4v) is 34.1. The summed E-state index contributed by atoms with van der Waals surface area (Å²) < 4.78 is 44.7. The Bertz CT molecular complexity index is 325. The number of hydrogen-bond donors (Lipinski definition) is 0. The molecule has 0 aliphatic carbocycles. The van der Waals surface area contributed by atoms with Crippen molar-refractivity contribution >= 4 is 22.5 Å². The average Bonchev–Trinajstić information content (AvgIpc) is 2.12. The Morgan fingerprint density at radius 1 is 1.05 bits per heavy atom. The van der Waals surface area contributed by atoms with E-state index < -0.39 is 40.7 Å². The van der Waals surface area contributed by atoms with Crippen LogP contribution in [0.5, 0.6) is 0 Å². The standard InChI is InChI=1S/C12H27F3OSi3/c1-12(8-10(13)11(14)15)9-17(2,3)19(6,7)18(4,5)16-12/h10-11H,8-9H2,1-7H3. The molecule has 0 aromatic heterocycles. The third-order valence-corrected chi connectivity index (χ3v) is 46.0. The fourth-order valence-electron chi connectivity index (χ4n) is 3.37. The lowest BCUT2D eigenvalue weighted by Gasteiger charge is -2.58. The lowest BCUT2D eigenvalue weighted by atomic mass is 10.0. The predicted molar refractivity (Wildman–Crippen MR) is 82.3 cm³/mol. The van der Waals surface area contributed by atoms with E-state index in [0.717, 1.165) is 6.04 Å². The summed E-state index contributed by atoms with van der Waals surface area (Å²) in [5.74, 6) is 0. The van der Waals surface area contributed by atoms with Crippen molar-refractivity contribution in [2.75, 3.05) is 0 Å². The van der Waals surface area contributed by atoms with Gasteiger partial charge >= 0.3 is 0 Å². The topological polar surface area (TPSA) is 9.23 Å². The predicted octanol–water partition coefficient (Wildman–Crippen LogP) is 4.55. The van der Waals surface area contributed by atoms with Crippen molar-refractivity contribution in [1.82, 2.24) is 0 Å². The normalized spacial score (nSPS) is 34.3. The van der Waals surface area contributed by atoms with Gasteiger partial charge in [-0.3, -0.25) is 0 Å². The Balaban J connectivity index is 3.02. The molecule has 0 bridgehead atoms. The maximum Gasteiger partial charge on any atom is 0.269 e. The summed E-state index contributed by atoms with van der Waals surface area (Å²) in [4.78, 5) is 0. The van der Waals surface area contributed by atoms with Crippen LogP contribution in [-0.2, 0) is 4.43 Å². The van der Waals surface area contributed by atoms with E-state index >= 15 is 0 Å². The van der Waals surface area contributed by atoms with Gasteiger partial charge in [-0.2, -0.15) is 0 Å². The van der Waals surface area contributed by atoms with Crippen molar-refractivity contribution in [3.05, 3.63) is 0 Å². The van der Waals surface area contributed by atoms with Crippen molar-refractivity contribution in [3.63, 3.8) is 0 Å². The van der Waals surface area contributed by atoms with Crippen LogP contribution in [0.15, 0.2) is 0 Å². The zero-order valence-corrected chi connectivity index (χ0v) is 16.1. The van der Waals surface area contributed by atoms with E-state index in [4.69, 9.17) is 4.43 Å². The Hall–Kier alpha value is 0.401. The summed E-state index contributed by atoms with van der Waals surface area (Å²) >= 11 is 0. The third-order valence-electron chi connectivity index (χ3n) is 5.41. The molecule has 0 aromatic carbocycles. The molecule has 0 aromatic rings. The monoisotopic (exact) mass is 328 g/mol. The van der Waals surface area contributed by atoms with Crippen LogP contribution >= 0.6 is 0 Å². The molecule has 0 radical (unpaired) electrons. The smallest absolute Gasteiger partial charge is 0.269 e. The number of alkyl halides is 3. The first-order chi connectivity index (χ1) is 8.24. The first-order valence-electron chi connectivity index (χ1n) is 6.87. The van der Waals surface area contributed by atoms with Crippen molar-refractivity contribution in [1.29, 1.82) is 0 Å². The molecule has 1 nitrogen and oxygen atoms in total. The van der Waals surface area contributed by atoms with E-state index in [-0.39, 0.29) is 6.42 Å². The molecule has 1 saturated heterocycles. The SMILES string of the molecule is CC1(CC(F)C(F)F)C[Si](C)(C)[Si](C)(C)[Si](C)(C)O1. The quantitative estimate of drug-likeness (QED) is 0.691. The molecular formula is C12H27F3OSi3. The number of halogens is 3. The van der Waals surface area contributed by atoms with Gasteiger partial charge in [-0.1, -0.05) is 26.2 Å². The molecular weight excluding hydrogens is 301 g/mol. The minimum Gasteiger partial charge on any atom is -0.415 e. The van der Waals surface area contributed by atoms with Crippen LogP contribution in [0.25, 0.3) is 0 Å². The first-order valence-corrected chi connectivity index (χ1v) is 18.0. The summed E-state index contributed by atoms with van der Waals surface area (Å²) in [6, 6.07) is 0.808. The highest BCUT2D eigenvalue weighted by atomic mass is 29.6. The van der Waals surface area contributed by atoms with Crippen LogP contribution in [0.4, 0.5) is 13.2 Å². The molecule has 2 unspecified atom stereocenters. The van der Waals surface area contributed by atoms with Crippen LogP contribution in [0.3, 0.4) is 0 Å². The average molecular weight is 329 g/mol. The van der Waals surface area contributed by atoms with Gasteiger partial charge in [-0.25, -0.2) is 13.2 Å². The second-order valence-electron chi connectivity index (χ2n) is 7.80. The van der Waals surface area contributed by atoms with Crippen molar-refractivity contribution in [2.24, 2.45) is 0 Å². The van der Waals surface area contributed by atoms with Gasteiger partial charge in [0.1, 0.15) is 0 Å². The minimum atomic E-state index is -2.90. The molecule has 1 aliphatic heterocycles. The van der Waals surface area contributed by atoms with Crippen molar-refractivity contribution < 1.29 is 17.6 Å². The largest absolute Gasteiger partial charge is 0.415 e. The second kappa shape index (κ2) is 4.99. The Labute approximate surface area is 117 Å². The molecule has 0 saturated carbocycles. The zero-order chi connectivity index (χ0) is 15.3. The Morgan fingerprint density at radius 2 is 1.53 bits per heavy atom. The molecule has 0 spiro atoms. The maximum atomic E-state index is 13.5. The molecule has 19 heavy (non-hydrogen) atoms. The van der Waals surface area contributed by atoms with Gasteiger partial charge < -0.3 is 4.43 Å². The van der Waals surface area contributed by atoms with Gasteiger partial charge in [0, 0.05) is 14.0 Å². The Kier molecular flexibility index (Phi) is 4.59. The van der Waals surface area contributed by atoms with Crippen LogP contribution in [-0.4, -0.2) is 40.7 Å². The highest BCUT2D eigenvalue weighted by Crippen LogP contribution is 2.46. The van der Waals surface area contributed by atoms with E-state index in [1.807, 2.05) is 6.92 Å². The van der Waals surface area contributed by atoms with E-state index in [0.29, 0.717) is 0 Å². The van der Waals surface area contributed by atoms with Crippen LogP contribution < -0.4 is 0 Å². The van der Waals surface area contributed by atoms with E-state index in [9.17, 15) is 13.2 Å². The molecule has 114 valence electrons. The Morgan fingerprint density at radius 3 is 1.89 bits per heavy atom. The first kappa shape index (κ1) is 17.5. The summed E-state index contributed by atoms with van der Waals surface area (Å²) in [6.45, 7) is 15.7. The maximum absolute atomic E-state index is 13.5. The molecule has 1 rings (SSSR count). The lowest BCUT2D eigenvalue weighted by molar-refractivity contribution is -0.00748. The minimum absolute atomic E-state index is 0.165. The van der Waals surface area contributed by atoms with Crippen molar-refractivity contribution in [3.8, 4) is 0 Å². The summed E-state index contributed by atoms with van der Waals surface area (Å²) in [5, 5.41) is 0. The van der Waals surface area contributed by atoms with Crippen LogP contribution in [0, 0.1) is 0 Å². The van der Waals surface area contributed by atoms with Crippen molar-refractivity contribution in [2.45, 2.75) is 76.9 Å².